The first-order chi connectivity index (χ1) is 18.1. The monoisotopic (exact) mass is 538 g/mol. The van der Waals surface area contributed by atoms with Crippen LogP contribution in [-0.4, -0.2) is 58.8 Å². The van der Waals surface area contributed by atoms with Crippen molar-refractivity contribution in [3.05, 3.63) is 58.4 Å². The Hall–Kier alpha value is -3.80. The van der Waals surface area contributed by atoms with Gasteiger partial charge in [-0.25, -0.2) is 8.42 Å². The molecule has 2 aliphatic rings. The third-order valence-electron chi connectivity index (χ3n) is 6.84. The van der Waals surface area contributed by atoms with Crippen LogP contribution in [0.3, 0.4) is 0 Å². The molecule has 1 atom stereocenters. The number of aromatic nitrogens is 4. The van der Waals surface area contributed by atoms with E-state index in [1.165, 1.54) is 4.68 Å². The van der Waals surface area contributed by atoms with Gasteiger partial charge in [0.1, 0.15) is 17.1 Å². The van der Waals surface area contributed by atoms with Crippen LogP contribution < -0.4 is 15.4 Å². The third kappa shape index (κ3) is 5.00. The molecule has 1 aliphatic carbocycles. The number of aryl methyl sites for hydroxylation is 2. The van der Waals surface area contributed by atoms with Gasteiger partial charge < -0.3 is 15.4 Å². The minimum atomic E-state index is -3.59. The summed E-state index contributed by atoms with van der Waals surface area (Å²) in [4.78, 5) is 26.2. The molecular formula is C26H30N6O5S. The van der Waals surface area contributed by atoms with Crippen molar-refractivity contribution >= 4 is 27.5 Å². The van der Waals surface area contributed by atoms with Gasteiger partial charge in [-0.05, 0) is 61.6 Å². The lowest BCUT2D eigenvalue weighted by atomic mass is 9.82. The van der Waals surface area contributed by atoms with Crippen molar-refractivity contribution in [2.24, 2.45) is 0 Å². The molecule has 2 aromatic heterocycles. The van der Waals surface area contributed by atoms with E-state index in [0.717, 1.165) is 42.4 Å². The summed E-state index contributed by atoms with van der Waals surface area (Å²) in [6.45, 7) is 4.56. The van der Waals surface area contributed by atoms with Gasteiger partial charge in [0.15, 0.2) is 21.5 Å². The van der Waals surface area contributed by atoms with Crippen LogP contribution in [0.4, 0.5) is 5.82 Å². The van der Waals surface area contributed by atoms with Gasteiger partial charge in [-0.2, -0.15) is 14.9 Å². The van der Waals surface area contributed by atoms with Crippen LogP contribution in [0.1, 0.15) is 59.1 Å². The average molecular weight is 539 g/mol. The number of carbonyl (C=O) groups excluding carboxylic acids is 2. The number of anilines is 1. The van der Waals surface area contributed by atoms with E-state index in [4.69, 9.17) is 4.74 Å². The summed E-state index contributed by atoms with van der Waals surface area (Å²) in [5.74, 6) is -0.724. The zero-order valence-electron chi connectivity index (χ0n) is 21.6. The molecule has 0 radical (unpaired) electrons. The minimum Gasteiger partial charge on any atom is -0.494 e. The van der Waals surface area contributed by atoms with E-state index < -0.39 is 32.9 Å². The number of fused-ring (bicyclic) bond motifs is 3. The molecule has 200 valence electrons. The molecule has 3 heterocycles. The number of hydrogen-bond acceptors (Lipinski definition) is 8. The first kappa shape index (κ1) is 25.8. The fraction of sp³-hybridized carbons (Fsp3) is 0.423. The van der Waals surface area contributed by atoms with Crippen LogP contribution in [0.5, 0.6) is 5.75 Å². The maximum absolute atomic E-state index is 13.6. The number of benzene rings is 1. The Morgan fingerprint density at radius 3 is 2.76 bits per heavy atom. The molecule has 3 aromatic rings. The number of nitrogens with zero attached hydrogens (tertiary/aromatic N) is 4. The highest BCUT2D eigenvalue weighted by molar-refractivity contribution is 7.91. The predicted octanol–water partition coefficient (Wildman–Crippen LogP) is 2.26. The smallest absolute Gasteiger partial charge is 0.257 e. The van der Waals surface area contributed by atoms with Crippen LogP contribution >= 0.6 is 0 Å². The molecule has 0 bridgehead atoms. The lowest BCUT2D eigenvalue weighted by Gasteiger charge is -2.35. The van der Waals surface area contributed by atoms with Gasteiger partial charge in [0.05, 0.1) is 23.5 Å². The summed E-state index contributed by atoms with van der Waals surface area (Å²) in [5, 5.41) is 18.7. The Labute approximate surface area is 220 Å². The summed E-state index contributed by atoms with van der Waals surface area (Å²) < 4.78 is 30.6. The first-order valence-electron chi connectivity index (χ1n) is 12.6. The predicted molar refractivity (Wildman–Crippen MR) is 140 cm³/mol. The highest BCUT2D eigenvalue weighted by Crippen LogP contribution is 2.44. The molecular weight excluding hydrogens is 508 g/mol. The number of ether oxygens (including phenoxy) is 1. The Bertz CT molecular complexity index is 1520. The fourth-order valence-corrected chi connectivity index (χ4v) is 5.64. The highest BCUT2D eigenvalue weighted by Gasteiger charge is 2.47. The van der Waals surface area contributed by atoms with E-state index >= 15 is 0 Å². The Balaban J connectivity index is 1.52. The maximum Gasteiger partial charge on any atom is 0.257 e. The molecule has 11 nitrogen and oxygen atoms in total. The number of nitrogens with one attached hydrogen (secondary N) is 2. The number of sulfone groups is 1. The molecule has 1 aromatic carbocycles. The molecule has 0 fully saturated rings. The third-order valence-corrected chi connectivity index (χ3v) is 7.63. The fourth-order valence-electron chi connectivity index (χ4n) is 5.09. The number of unbranched alkanes of at least 4 members (excludes halogenated alkanes) is 1. The molecule has 12 heteroatoms. The molecule has 38 heavy (non-hydrogen) atoms. The zero-order chi connectivity index (χ0) is 27.1. The lowest BCUT2D eigenvalue weighted by Crippen LogP contribution is -2.49. The SMILES string of the molecule is CCCCOc1ccc2c(c1)CC[C@]21Cc2nn(-c3ccc(C)nn3)c(NC(=O)CS(C)(=O)=O)c2C(=O)N1. The molecule has 0 saturated carbocycles. The number of hydrogen-bond donors (Lipinski definition) is 2. The molecule has 0 unspecified atom stereocenters. The highest BCUT2D eigenvalue weighted by atomic mass is 32.2. The average Bonchev–Trinajstić information content (AvgIpc) is 3.37. The van der Waals surface area contributed by atoms with Crippen LogP contribution in [0, 0.1) is 6.92 Å². The lowest BCUT2D eigenvalue weighted by molar-refractivity contribution is -0.113. The maximum atomic E-state index is 13.6. The second-order valence-corrected chi connectivity index (χ2v) is 12.1. The summed E-state index contributed by atoms with van der Waals surface area (Å²) >= 11 is 0. The number of rotatable bonds is 8. The van der Waals surface area contributed by atoms with Crippen molar-refractivity contribution in [2.75, 3.05) is 23.9 Å². The van der Waals surface area contributed by atoms with Crippen LogP contribution in [0.15, 0.2) is 30.3 Å². The Kier molecular flexibility index (Phi) is 6.68. The topological polar surface area (TPSA) is 145 Å². The molecule has 0 saturated heterocycles. The van der Waals surface area contributed by atoms with Crippen LogP contribution in [0.25, 0.3) is 5.82 Å². The quantitative estimate of drug-likeness (QED) is 0.416. The van der Waals surface area contributed by atoms with E-state index in [2.05, 4.69) is 32.9 Å². The van der Waals surface area contributed by atoms with Gasteiger partial charge in [0, 0.05) is 12.7 Å². The zero-order valence-corrected chi connectivity index (χ0v) is 22.4. The van der Waals surface area contributed by atoms with E-state index in [1.807, 2.05) is 18.2 Å². The van der Waals surface area contributed by atoms with Crippen molar-refractivity contribution in [1.82, 2.24) is 25.3 Å². The summed E-state index contributed by atoms with van der Waals surface area (Å²) in [7, 11) is -3.59. The number of amides is 2. The van der Waals surface area contributed by atoms with E-state index in [-0.39, 0.29) is 11.4 Å². The molecule has 1 aliphatic heterocycles. The second-order valence-electron chi connectivity index (χ2n) is 9.97. The van der Waals surface area contributed by atoms with E-state index in [9.17, 15) is 18.0 Å². The van der Waals surface area contributed by atoms with Crippen LogP contribution in [-0.2, 0) is 33.0 Å². The van der Waals surface area contributed by atoms with Gasteiger partial charge >= 0.3 is 0 Å². The van der Waals surface area contributed by atoms with Crippen molar-refractivity contribution in [3.63, 3.8) is 0 Å². The second kappa shape index (κ2) is 9.82. The van der Waals surface area contributed by atoms with Crippen molar-refractivity contribution in [3.8, 4) is 11.6 Å². The minimum absolute atomic E-state index is 0.0667. The Morgan fingerprint density at radius 1 is 1.24 bits per heavy atom. The Morgan fingerprint density at radius 2 is 2.05 bits per heavy atom. The van der Waals surface area contributed by atoms with Gasteiger partial charge in [0.2, 0.25) is 5.91 Å². The first-order valence-corrected chi connectivity index (χ1v) is 14.6. The number of carbonyl (C=O) groups is 2. The summed E-state index contributed by atoms with van der Waals surface area (Å²) in [6.07, 6.45) is 4.88. The molecule has 2 amide bonds. The van der Waals surface area contributed by atoms with Gasteiger partial charge in [-0.3, -0.25) is 9.59 Å². The molecule has 1 spiro atoms. The standard InChI is InChI=1S/C26H30N6O5S/c1-4-5-12-37-18-7-8-19-17(13-18)10-11-26(19)14-20-23(25(34)28-26)24(27-22(33)15-38(3,35)36)32(31-20)21-9-6-16(2)29-30-21/h6-9,13H,4-5,10-12,14-15H2,1-3H3,(H,27,33)(H,28,34)/t26-/m0/s1. The van der Waals surface area contributed by atoms with Crippen molar-refractivity contribution in [1.29, 1.82) is 0 Å². The van der Waals surface area contributed by atoms with Crippen molar-refractivity contribution < 1.29 is 22.7 Å². The van der Waals surface area contributed by atoms with Crippen LogP contribution in [0.2, 0.25) is 0 Å². The summed E-state index contributed by atoms with van der Waals surface area (Å²) in [5.41, 5.74) is 2.85. The van der Waals surface area contributed by atoms with E-state index in [0.29, 0.717) is 36.7 Å². The van der Waals surface area contributed by atoms with Gasteiger partial charge in [0.25, 0.3) is 5.91 Å². The van der Waals surface area contributed by atoms with Crippen molar-refractivity contribution in [2.45, 2.75) is 51.5 Å². The summed E-state index contributed by atoms with van der Waals surface area (Å²) in [6, 6.07) is 9.39. The van der Waals surface area contributed by atoms with E-state index in [1.54, 1.807) is 19.1 Å². The largest absolute Gasteiger partial charge is 0.494 e. The van der Waals surface area contributed by atoms with Gasteiger partial charge in [-0.1, -0.05) is 19.4 Å². The normalized spacial score (nSPS) is 18.1. The molecule has 5 rings (SSSR count). The molecule has 2 N–H and O–H groups in total. The van der Waals surface area contributed by atoms with Gasteiger partial charge in [-0.15, -0.1) is 5.10 Å².